The number of rotatable bonds is 0. The molecule has 0 aromatic carbocycles. The third-order valence-electron chi connectivity index (χ3n) is 1.22. The van der Waals surface area contributed by atoms with Crippen molar-refractivity contribution >= 4 is 16.2 Å². The fourth-order valence-electron chi connectivity index (χ4n) is 0.674. The van der Waals surface area contributed by atoms with Crippen molar-refractivity contribution in [3.63, 3.8) is 0 Å². The van der Waals surface area contributed by atoms with E-state index in [1.54, 1.807) is 0 Å². The number of hydrogen-bond donors (Lipinski definition) is 0. The van der Waals surface area contributed by atoms with E-state index in [0.29, 0.717) is 0 Å². The van der Waals surface area contributed by atoms with Crippen molar-refractivity contribution in [3.8, 4) is 0 Å². The van der Waals surface area contributed by atoms with Gasteiger partial charge in [0, 0.05) is 12.8 Å². The molecule has 6 heteroatoms. The Morgan fingerprint density at radius 3 is 2.00 bits per heavy atom. The fourth-order valence-corrected chi connectivity index (χ4v) is 1.32. The summed E-state index contributed by atoms with van der Waals surface area (Å²) < 4.78 is 29.7. The van der Waals surface area contributed by atoms with Crippen LogP contribution in [0.4, 0.5) is 0 Å². The number of carbonyl (C=O) groups is 1. The van der Waals surface area contributed by atoms with E-state index in [0.717, 1.165) is 0 Å². The number of carbonyl (C=O) groups excluding carboxylic acids is 1. The molecule has 0 aromatic heterocycles. The van der Waals surface area contributed by atoms with E-state index in [9.17, 15) is 13.2 Å². The van der Waals surface area contributed by atoms with Gasteiger partial charge in [-0.1, -0.05) is 0 Å². The van der Waals surface area contributed by atoms with Crippen LogP contribution < -0.4 is 0 Å². The first-order valence-electron chi connectivity index (χ1n) is 3.16. The molecule has 0 aromatic rings. The van der Waals surface area contributed by atoms with E-state index in [1.807, 2.05) is 0 Å². The van der Waals surface area contributed by atoms with Crippen LogP contribution in [0.25, 0.3) is 0 Å². The molecular formula is C5H8O5S. The topological polar surface area (TPSA) is 69.7 Å². The summed E-state index contributed by atoms with van der Waals surface area (Å²) in [6.45, 7) is -0.220. The van der Waals surface area contributed by atoms with Crippen LogP contribution in [0.15, 0.2) is 0 Å². The predicted molar refractivity (Wildman–Crippen MR) is 35.1 cm³/mol. The molecule has 1 fully saturated rings. The molecule has 11 heavy (non-hydrogen) atoms. The van der Waals surface area contributed by atoms with Crippen LogP contribution in [0.5, 0.6) is 0 Å². The van der Waals surface area contributed by atoms with Gasteiger partial charge in [0.2, 0.25) is 0 Å². The Hall–Kier alpha value is -0.460. The molecule has 1 rings (SSSR count). The first-order valence-corrected chi connectivity index (χ1v) is 4.49. The van der Waals surface area contributed by atoms with Gasteiger partial charge in [-0.05, 0) is 0 Å². The van der Waals surface area contributed by atoms with Gasteiger partial charge in [-0.2, -0.15) is 8.42 Å². The molecule has 0 atom stereocenters. The lowest BCUT2D eigenvalue weighted by Gasteiger charge is -2.08. The highest BCUT2D eigenvalue weighted by molar-refractivity contribution is 7.81. The number of hydrogen-bond acceptors (Lipinski definition) is 5. The quantitative estimate of drug-likeness (QED) is 0.508. The van der Waals surface area contributed by atoms with E-state index < -0.39 is 10.4 Å². The third kappa shape index (κ3) is 2.96. The van der Waals surface area contributed by atoms with Crippen molar-refractivity contribution in [2.45, 2.75) is 12.8 Å². The molecule has 0 saturated carbocycles. The fraction of sp³-hybridized carbons (Fsp3) is 0.800. The maximum absolute atomic E-state index is 10.7. The standard InChI is InChI=1S/C5H8O5S/c6-5-1-3-9-11(7,8)10-4-2-5/h1-4H2. The monoisotopic (exact) mass is 180 g/mol. The summed E-state index contributed by atoms with van der Waals surface area (Å²) in [7, 11) is -3.82. The summed E-state index contributed by atoms with van der Waals surface area (Å²) in [5, 5.41) is 0. The van der Waals surface area contributed by atoms with E-state index in [4.69, 9.17) is 0 Å². The first-order chi connectivity index (χ1) is 5.10. The molecule has 1 saturated heterocycles. The Morgan fingerprint density at radius 2 is 1.55 bits per heavy atom. The molecule has 0 unspecified atom stereocenters. The van der Waals surface area contributed by atoms with E-state index >= 15 is 0 Å². The van der Waals surface area contributed by atoms with Crippen LogP contribution in [0.3, 0.4) is 0 Å². The minimum Gasteiger partial charge on any atom is -0.300 e. The lowest BCUT2D eigenvalue weighted by atomic mass is 10.2. The number of ketones is 1. The maximum Gasteiger partial charge on any atom is 0.399 e. The second-order valence-electron chi connectivity index (χ2n) is 2.09. The maximum atomic E-state index is 10.7. The van der Waals surface area contributed by atoms with Crippen molar-refractivity contribution in [2.24, 2.45) is 0 Å². The van der Waals surface area contributed by atoms with Gasteiger partial charge in [0.05, 0.1) is 13.2 Å². The summed E-state index contributed by atoms with van der Waals surface area (Å²) >= 11 is 0. The van der Waals surface area contributed by atoms with Crippen molar-refractivity contribution in [1.29, 1.82) is 0 Å². The molecule has 64 valence electrons. The van der Waals surface area contributed by atoms with E-state index in [1.165, 1.54) is 0 Å². The van der Waals surface area contributed by atoms with E-state index in [-0.39, 0.29) is 31.8 Å². The van der Waals surface area contributed by atoms with Crippen molar-refractivity contribution < 1.29 is 21.6 Å². The predicted octanol–water partition coefficient (Wildman–Crippen LogP) is -0.373. The summed E-state index contributed by atoms with van der Waals surface area (Å²) in [4.78, 5) is 10.7. The minimum atomic E-state index is -3.82. The van der Waals surface area contributed by atoms with Crippen LogP contribution in [0, 0.1) is 0 Å². The van der Waals surface area contributed by atoms with Crippen LogP contribution in [0.2, 0.25) is 0 Å². The Morgan fingerprint density at radius 1 is 1.09 bits per heavy atom. The third-order valence-corrected chi connectivity index (χ3v) is 2.13. The largest absolute Gasteiger partial charge is 0.399 e. The average Bonchev–Trinajstić information content (AvgIpc) is 1.83. The molecule has 1 heterocycles. The average molecular weight is 180 g/mol. The molecule has 0 bridgehead atoms. The molecule has 0 amide bonds. The minimum absolute atomic E-state index is 0.0418. The van der Waals surface area contributed by atoms with Crippen molar-refractivity contribution in [1.82, 2.24) is 0 Å². The summed E-state index contributed by atoms with van der Waals surface area (Å²) in [6, 6.07) is 0. The van der Waals surface area contributed by atoms with Gasteiger partial charge in [0.15, 0.2) is 0 Å². The van der Waals surface area contributed by atoms with Crippen LogP contribution >= 0.6 is 0 Å². The molecule has 1 aliphatic rings. The zero-order chi connectivity index (χ0) is 8.32. The normalized spacial score (nSPS) is 25.6. The molecule has 0 spiro atoms. The molecule has 5 nitrogen and oxygen atoms in total. The zero-order valence-electron chi connectivity index (χ0n) is 5.78. The highest BCUT2D eigenvalue weighted by Gasteiger charge is 2.16. The molecule has 0 radical (unpaired) electrons. The SMILES string of the molecule is O=C1CCOS(=O)(=O)OCC1. The van der Waals surface area contributed by atoms with Crippen LogP contribution in [0.1, 0.15) is 12.8 Å². The van der Waals surface area contributed by atoms with Gasteiger partial charge >= 0.3 is 10.4 Å². The van der Waals surface area contributed by atoms with Gasteiger partial charge in [-0.15, -0.1) is 0 Å². The van der Waals surface area contributed by atoms with Gasteiger partial charge in [-0.25, -0.2) is 8.37 Å². The van der Waals surface area contributed by atoms with Crippen LogP contribution in [-0.4, -0.2) is 27.4 Å². The summed E-state index contributed by atoms with van der Waals surface area (Å²) in [5.74, 6) is -0.0418. The highest BCUT2D eigenvalue weighted by atomic mass is 32.3. The van der Waals surface area contributed by atoms with Crippen LogP contribution in [-0.2, 0) is 23.6 Å². The van der Waals surface area contributed by atoms with E-state index in [2.05, 4.69) is 8.37 Å². The second-order valence-corrected chi connectivity index (χ2v) is 3.38. The molecule has 0 N–H and O–H groups in total. The first kappa shape index (κ1) is 8.63. The van der Waals surface area contributed by atoms with Gasteiger partial charge in [-0.3, -0.25) is 4.79 Å². The molecular weight excluding hydrogens is 172 g/mol. The lowest BCUT2D eigenvalue weighted by molar-refractivity contribution is -0.120. The van der Waals surface area contributed by atoms with Gasteiger partial charge < -0.3 is 0 Å². The Kier molecular flexibility index (Phi) is 2.58. The second kappa shape index (κ2) is 3.29. The molecule has 1 aliphatic heterocycles. The van der Waals surface area contributed by atoms with Gasteiger partial charge in [0.25, 0.3) is 0 Å². The molecule has 0 aliphatic carbocycles. The Bertz CT molecular complexity index is 224. The smallest absolute Gasteiger partial charge is 0.300 e. The Balaban J connectivity index is 2.54. The highest BCUT2D eigenvalue weighted by Crippen LogP contribution is 2.04. The summed E-state index contributed by atoms with van der Waals surface area (Å²) in [6.07, 6.45) is 0.283. The lowest BCUT2D eigenvalue weighted by Crippen LogP contribution is -2.19. The van der Waals surface area contributed by atoms with Gasteiger partial charge in [0.1, 0.15) is 5.78 Å². The zero-order valence-corrected chi connectivity index (χ0v) is 6.59. The number of Topliss-reactive ketones (excluding diaryl/α,β-unsaturated/α-hetero) is 1. The van der Waals surface area contributed by atoms with Crippen molar-refractivity contribution in [2.75, 3.05) is 13.2 Å². The summed E-state index contributed by atoms with van der Waals surface area (Å²) in [5.41, 5.74) is 0. The Labute approximate surface area is 64.6 Å². The van der Waals surface area contributed by atoms with Crippen molar-refractivity contribution in [3.05, 3.63) is 0 Å².